The number of carbonyl (C=O) groups is 1. The lowest BCUT2D eigenvalue weighted by atomic mass is 10.3. The van der Waals surface area contributed by atoms with Crippen molar-refractivity contribution >= 4 is 50.6 Å². The molecule has 0 N–H and O–H groups in total. The number of benzene rings is 1. The summed E-state index contributed by atoms with van der Waals surface area (Å²) >= 11 is 5.00. The summed E-state index contributed by atoms with van der Waals surface area (Å²) in [7, 11) is 0. The summed E-state index contributed by atoms with van der Waals surface area (Å²) in [6.07, 6.45) is 1.78. The highest BCUT2D eigenvalue weighted by molar-refractivity contribution is 7.99. The van der Waals surface area contributed by atoms with Gasteiger partial charge in [0.2, 0.25) is 5.91 Å². The third kappa shape index (κ3) is 4.47. The molecule has 0 fully saturated rings. The van der Waals surface area contributed by atoms with Crippen molar-refractivity contribution < 1.29 is 4.79 Å². The first-order valence-electron chi connectivity index (χ1n) is 7.59. The molecule has 1 aromatic carbocycles. The van der Waals surface area contributed by atoms with Crippen molar-refractivity contribution in [2.45, 2.75) is 12.3 Å². The summed E-state index contributed by atoms with van der Waals surface area (Å²) in [4.78, 5) is 20.1. The van der Waals surface area contributed by atoms with Gasteiger partial charge in [-0.1, -0.05) is 24.3 Å². The van der Waals surface area contributed by atoms with Crippen molar-refractivity contribution in [2.24, 2.45) is 0 Å². The Morgan fingerprint density at radius 3 is 2.92 bits per heavy atom. The molecule has 0 spiro atoms. The van der Waals surface area contributed by atoms with Crippen LogP contribution in [0.2, 0.25) is 0 Å². The van der Waals surface area contributed by atoms with Gasteiger partial charge in [0, 0.05) is 17.2 Å². The molecule has 0 unspecified atom stereocenters. The van der Waals surface area contributed by atoms with E-state index in [0.717, 1.165) is 16.3 Å². The molecular weight excluding hydrogens is 356 g/mol. The lowest BCUT2D eigenvalue weighted by Crippen LogP contribution is -2.31. The van der Waals surface area contributed by atoms with Crippen LogP contribution in [-0.2, 0) is 17.1 Å². The van der Waals surface area contributed by atoms with Gasteiger partial charge in [-0.15, -0.1) is 41.0 Å². The van der Waals surface area contributed by atoms with E-state index >= 15 is 0 Å². The summed E-state index contributed by atoms with van der Waals surface area (Å²) in [6, 6.07) is 12.2. The van der Waals surface area contributed by atoms with Gasteiger partial charge < -0.3 is 4.90 Å². The molecule has 2 aromatic heterocycles. The number of carbonyl (C=O) groups excluding carboxylic acids is 1. The third-order valence-electron chi connectivity index (χ3n) is 3.42. The number of hydrogen-bond donors (Lipinski definition) is 0. The van der Waals surface area contributed by atoms with Gasteiger partial charge in [-0.2, -0.15) is 0 Å². The van der Waals surface area contributed by atoms with Crippen molar-refractivity contribution in [3.05, 3.63) is 64.3 Å². The average Bonchev–Trinajstić information content (AvgIpc) is 3.23. The second kappa shape index (κ2) is 8.46. The number of hydrogen-bond acceptors (Lipinski definition) is 5. The Bertz CT molecular complexity index is 778. The minimum absolute atomic E-state index is 0.148. The molecule has 0 aliphatic heterocycles. The average molecular weight is 375 g/mol. The number of para-hydroxylation sites is 1. The fourth-order valence-corrected chi connectivity index (χ4v) is 4.97. The topological polar surface area (TPSA) is 33.2 Å². The maximum Gasteiger partial charge on any atom is 0.233 e. The van der Waals surface area contributed by atoms with Crippen molar-refractivity contribution in [2.75, 3.05) is 12.3 Å². The molecule has 0 atom stereocenters. The zero-order chi connectivity index (χ0) is 16.8. The van der Waals surface area contributed by atoms with E-state index in [2.05, 4.69) is 23.7 Å². The first-order valence-corrected chi connectivity index (χ1v) is 10.4. The maximum atomic E-state index is 12.5. The molecule has 124 valence electrons. The zero-order valence-electron chi connectivity index (χ0n) is 13.2. The minimum atomic E-state index is 0.148. The summed E-state index contributed by atoms with van der Waals surface area (Å²) in [5.74, 6) is 1.38. The van der Waals surface area contributed by atoms with Gasteiger partial charge in [0.05, 0.1) is 22.5 Å². The molecule has 0 radical (unpaired) electrons. The predicted octanol–water partition coefficient (Wildman–Crippen LogP) is 4.81. The van der Waals surface area contributed by atoms with Gasteiger partial charge in [0.25, 0.3) is 0 Å². The molecule has 1 amide bonds. The highest BCUT2D eigenvalue weighted by atomic mass is 32.2. The third-order valence-corrected chi connectivity index (χ3v) is 6.43. The second-order valence-corrected chi connectivity index (χ2v) is 8.34. The molecule has 3 rings (SSSR count). The number of thiazole rings is 1. The van der Waals surface area contributed by atoms with Gasteiger partial charge in [-0.25, -0.2) is 4.98 Å². The van der Waals surface area contributed by atoms with Crippen molar-refractivity contribution in [1.82, 2.24) is 9.88 Å². The molecular formula is C18H18N2OS3. The summed E-state index contributed by atoms with van der Waals surface area (Å²) in [6.45, 7) is 5.00. The van der Waals surface area contributed by atoms with Gasteiger partial charge in [0.1, 0.15) is 5.01 Å². The van der Waals surface area contributed by atoms with Gasteiger partial charge in [0.15, 0.2) is 0 Å². The number of rotatable bonds is 8. The molecule has 0 bridgehead atoms. The van der Waals surface area contributed by atoms with Crippen LogP contribution in [0.3, 0.4) is 0 Å². The van der Waals surface area contributed by atoms with E-state index in [4.69, 9.17) is 0 Å². The summed E-state index contributed by atoms with van der Waals surface area (Å²) < 4.78 is 1.20. The quantitative estimate of drug-likeness (QED) is 0.531. The van der Waals surface area contributed by atoms with Crippen LogP contribution in [0.25, 0.3) is 10.2 Å². The number of fused-ring (bicyclic) bond motifs is 1. The molecule has 3 nitrogen and oxygen atoms in total. The Balaban J connectivity index is 1.53. The number of thioether (sulfide) groups is 1. The first kappa shape index (κ1) is 17.2. The standard InChI is InChI=1S/C18H18N2OS3/c1-2-9-20(11-14-6-5-10-23-14)18(21)13-22-12-17-19-15-7-3-4-8-16(15)24-17/h2-8,10H,1,9,11-13H2. The molecule has 2 heterocycles. The zero-order valence-corrected chi connectivity index (χ0v) is 15.6. The van der Waals surface area contributed by atoms with Gasteiger partial charge >= 0.3 is 0 Å². The van der Waals surface area contributed by atoms with Gasteiger partial charge in [-0.05, 0) is 23.6 Å². The largest absolute Gasteiger partial charge is 0.333 e. The monoisotopic (exact) mass is 374 g/mol. The number of thiophene rings is 1. The van der Waals surface area contributed by atoms with Crippen molar-refractivity contribution in [3.63, 3.8) is 0 Å². The molecule has 3 aromatic rings. The predicted molar refractivity (Wildman–Crippen MR) is 106 cm³/mol. The maximum absolute atomic E-state index is 12.5. The van der Waals surface area contributed by atoms with E-state index < -0.39 is 0 Å². The lowest BCUT2D eigenvalue weighted by Gasteiger charge is -2.20. The highest BCUT2D eigenvalue weighted by Crippen LogP contribution is 2.25. The molecule has 6 heteroatoms. The van der Waals surface area contributed by atoms with E-state index in [1.807, 2.05) is 34.5 Å². The lowest BCUT2D eigenvalue weighted by molar-refractivity contribution is -0.128. The first-order chi connectivity index (χ1) is 11.8. The van der Waals surface area contributed by atoms with Crippen LogP contribution >= 0.6 is 34.4 Å². The van der Waals surface area contributed by atoms with Crippen LogP contribution in [0.1, 0.15) is 9.88 Å². The number of aromatic nitrogens is 1. The second-order valence-electron chi connectivity index (χ2n) is 5.21. The summed E-state index contributed by atoms with van der Waals surface area (Å²) in [5, 5.41) is 3.11. The van der Waals surface area contributed by atoms with Crippen LogP contribution in [0.5, 0.6) is 0 Å². The number of amides is 1. The van der Waals surface area contributed by atoms with Crippen molar-refractivity contribution in [3.8, 4) is 0 Å². The van der Waals surface area contributed by atoms with E-state index in [1.54, 1.807) is 40.5 Å². The SMILES string of the molecule is C=CCN(Cc1cccs1)C(=O)CSCc1nc2ccccc2s1. The summed E-state index contributed by atoms with van der Waals surface area (Å²) in [5.41, 5.74) is 1.04. The molecule has 0 aliphatic carbocycles. The van der Waals surface area contributed by atoms with Crippen LogP contribution in [-0.4, -0.2) is 28.1 Å². The highest BCUT2D eigenvalue weighted by Gasteiger charge is 2.14. The van der Waals surface area contributed by atoms with E-state index in [-0.39, 0.29) is 5.91 Å². The fourth-order valence-electron chi connectivity index (χ4n) is 2.30. The minimum Gasteiger partial charge on any atom is -0.333 e. The Morgan fingerprint density at radius 2 is 2.17 bits per heavy atom. The Kier molecular flexibility index (Phi) is 6.07. The van der Waals surface area contributed by atoms with Crippen molar-refractivity contribution in [1.29, 1.82) is 0 Å². The van der Waals surface area contributed by atoms with E-state index in [0.29, 0.717) is 18.8 Å². The van der Waals surface area contributed by atoms with E-state index in [9.17, 15) is 4.79 Å². The molecule has 0 saturated carbocycles. The Labute approximate surface area is 154 Å². The normalized spacial score (nSPS) is 10.8. The van der Waals surface area contributed by atoms with Crippen LogP contribution in [0.4, 0.5) is 0 Å². The number of nitrogens with zero attached hydrogens (tertiary/aromatic N) is 2. The molecule has 0 aliphatic rings. The van der Waals surface area contributed by atoms with Crippen LogP contribution in [0, 0.1) is 0 Å². The molecule has 24 heavy (non-hydrogen) atoms. The van der Waals surface area contributed by atoms with Crippen LogP contribution in [0.15, 0.2) is 54.4 Å². The fraction of sp³-hybridized carbons (Fsp3) is 0.222. The van der Waals surface area contributed by atoms with E-state index in [1.165, 1.54) is 9.58 Å². The van der Waals surface area contributed by atoms with Crippen LogP contribution < -0.4 is 0 Å². The molecule has 0 saturated heterocycles. The van der Waals surface area contributed by atoms with Gasteiger partial charge in [-0.3, -0.25) is 4.79 Å². The Hall–Kier alpha value is -1.63. The Morgan fingerprint density at radius 1 is 1.29 bits per heavy atom. The smallest absolute Gasteiger partial charge is 0.233 e.